The maximum absolute atomic E-state index is 12.0. The molecule has 98 valence electrons. The zero-order valence-electron chi connectivity index (χ0n) is 10.8. The quantitative estimate of drug-likeness (QED) is 0.744. The van der Waals surface area contributed by atoms with Gasteiger partial charge in [-0.15, -0.1) is 0 Å². The largest absolute Gasteiger partial charge is 0.480 e. The molecule has 1 saturated carbocycles. The summed E-state index contributed by atoms with van der Waals surface area (Å²) in [4.78, 5) is 24.6. The summed E-state index contributed by atoms with van der Waals surface area (Å²) in [6, 6.07) is -0.713. The van der Waals surface area contributed by atoms with Crippen molar-refractivity contribution in [1.82, 2.24) is 10.2 Å². The summed E-state index contributed by atoms with van der Waals surface area (Å²) < 4.78 is 0. The van der Waals surface area contributed by atoms with Crippen LogP contribution in [0.1, 0.15) is 40.0 Å². The average molecular weight is 242 g/mol. The fourth-order valence-corrected chi connectivity index (χ4v) is 1.75. The van der Waals surface area contributed by atoms with Crippen LogP contribution in [0.3, 0.4) is 0 Å². The molecule has 1 rings (SSSR count). The molecule has 0 spiro atoms. The van der Waals surface area contributed by atoms with E-state index in [4.69, 9.17) is 5.11 Å². The Hall–Kier alpha value is -1.26. The number of nitrogens with zero attached hydrogens (tertiary/aromatic N) is 1. The lowest BCUT2D eigenvalue weighted by molar-refractivity contribution is -0.139. The predicted molar refractivity (Wildman–Crippen MR) is 64.8 cm³/mol. The summed E-state index contributed by atoms with van der Waals surface area (Å²) in [6.07, 6.45) is 2.47. The third-order valence-corrected chi connectivity index (χ3v) is 2.81. The third-order valence-electron chi connectivity index (χ3n) is 2.81. The Balaban J connectivity index is 2.55. The van der Waals surface area contributed by atoms with Crippen LogP contribution in [-0.2, 0) is 4.79 Å². The first-order valence-corrected chi connectivity index (χ1v) is 6.25. The lowest BCUT2D eigenvalue weighted by Gasteiger charge is -2.26. The molecule has 2 N–H and O–H groups in total. The fraction of sp³-hybridized carbons (Fsp3) is 0.833. The molecule has 1 fully saturated rings. The zero-order valence-corrected chi connectivity index (χ0v) is 10.8. The van der Waals surface area contributed by atoms with E-state index in [1.807, 2.05) is 0 Å². The normalized spacial score (nSPS) is 16.7. The molecule has 0 aliphatic heterocycles. The van der Waals surface area contributed by atoms with Gasteiger partial charge in [0.15, 0.2) is 0 Å². The summed E-state index contributed by atoms with van der Waals surface area (Å²) in [5.74, 6) is -0.576. The van der Waals surface area contributed by atoms with Gasteiger partial charge in [0.05, 0.1) is 0 Å². The maximum Gasteiger partial charge on any atom is 0.326 e. The summed E-state index contributed by atoms with van der Waals surface area (Å²) in [5.41, 5.74) is 0. The van der Waals surface area contributed by atoms with Crippen LogP contribution in [0.2, 0.25) is 0 Å². The fourth-order valence-electron chi connectivity index (χ4n) is 1.75. The second-order valence-electron chi connectivity index (χ2n) is 5.03. The molecule has 2 amide bonds. The van der Waals surface area contributed by atoms with Crippen molar-refractivity contribution < 1.29 is 14.7 Å². The van der Waals surface area contributed by atoms with Gasteiger partial charge in [0.25, 0.3) is 0 Å². The van der Waals surface area contributed by atoms with Gasteiger partial charge >= 0.3 is 12.0 Å². The van der Waals surface area contributed by atoms with Crippen molar-refractivity contribution in [3.8, 4) is 0 Å². The van der Waals surface area contributed by atoms with Gasteiger partial charge in [0.1, 0.15) is 6.04 Å². The lowest BCUT2D eigenvalue weighted by atomic mass is 10.2. The van der Waals surface area contributed by atoms with Crippen molar-refractivity contribution in [3.63, 3.8) is 0 Å². The van der Waals surface area contributed by atoms with Crippen LogP contribution < -0.4 is 5.32 Å². The van der Waals surface area contributed by atoms with Crippen LogP contribution in [0, 0.1) is 5.92 Å². The minimum absolute atomic E-state index is 0.240. The van der Waals surface area contributed by atoms with E-state index in [9.17, 15) is 9.59 Å². The van der Waals surface area contributed by atoms with Gasteiger partial charge in [-0.2, -0.15) is 0 Å². The van der Waals surface area contributed by atoms with Crippen LogP contribution in [0.4, 0.5) is 4.79 Å². The molecule has 0 aromatic heterocycles. The molecule has 0 bridgehead atoms. The number of nitrogens with one attached hydrogen (secondary N) is 1. The second-order valence-corrected chi connectivity index (χ2v) is 5.03. The van der Waals surface area contributed by atoms with Crippen LogP contribution >= 0.6 is 0 Å². The summed E-state index contributed by atoms with van der Waals surface area (Å²) in [6.45, 7) is 6.55. The zero-order chi connectivity index (χ0) is 13.0. The number of carbonyl (C=O) groups excluding carboxylic acids is 1. The molecule has 1 aliphatic carbocycles. The minimum atomic E-state index is -0.971. The van der Waals surface area contributed by atoms with Crippen molar-refractivity contribution in [3.05, 3.63) is 0 Å². The molecule has 1 unspecified atom stereocenters. The summed E-state index contributed by atoms with van der Waals surface area (Å²) in [7, 11) is 0. The van der Waals surface area contributed by atoms with Gasteiger partial charge in [0, 0.05) is 12.6 Å². The van der Waals surface area contributed by atoms with Gasteiger partial charge in [-0.3, -0.25) is 0 Å². The molecule has 0 aromatic carbocycles. The Bertz CT molecular complexity index is 287. The number of rotatable bonds is 6. The highest BCUT2D eigenvalue weighted by Gasteiger charge is 2.34. The SMILES string of the molecule is CCC(NC(=O)N(CC(C)C)C1CC1)C(=O)O. The minimum Gasteiger partial charge on any atom is -0.480 e. The van der Waals surface area contributed by atoms with Crippen molar-refractivity contribution in [2.75, 3.05) is 6.54 Å². The number of urea groups is 1. The lowest BCUT2D eigenvalue weighted by Crippen LogP contribution is -2.49. The molecule has 1 aliphatic rings. The molecule has 5 heteroatoms. The highest BCUT2D eigenvalue weighted by Crippen LogP contribution is 2.27. The molecular formula is C12H22N2O3. The predicted octanol–water partition coefficient (Wildman–Crippen LogP) is 1.68. The highest BCUT2D eigenvalue weighted by atomic mass is 16.4. The maximum atomic E-state index is 12.0. The van der Waals surface area contributed by atoms with E-state index >= 15 is 0 Å². The number of carbonyl (C=O) groups is 2. The van der Waals surface area contributed by atoms with E-state index in [-0.39, 0.29) is 6.03 Å². The van der Waals surface area contributed by atoms with E-state index < -0.39 is 12.0 Å². The number of carboxylic acids is 1. The van der Waals surface area contributed by atoms with E-state index in [0.29, 0.717) is 24.9 Å². The summed E-state index contributed by atoms with van der Waals surface area (Å²) in [5, 5.41) is 11.5. The van der Waals surface area contributed by atoms with Crippen molar-refractivity contribution in [2.45, 2.75) is 52.1 Å². The topological polar surface area (TPSA) is 69.6 Å². The molecule has 17 heavy (non-hydrogen) atoms. The van der Waals surface area contributed by atoms with Crippen LogP contribution in [-0.4, -0.2) is 40.6 Å². The van der Waals surface area contributed by atoms with Gasteiger partial charge in [-0.05, 0) is 25.2 Å². The smallest absolute Gasteiger partial charge is 0.326 e. The highest BCUT2D eigenvalue weighted by molar-refractivity contribution is 5.82. The number of aliphatic carboxylic acids is 1. The van der Waals surface area contributed by atoms with Crippen molar-refractivity contribution in [1.29, 1.82) is 0 Å². The first-order valence-electron chi connectivity index (χ1n) is 6.25. The van der Waals surface area contributed by atoms with Gasteiger partial charge in [-0.25, -0.2) is 9.59 Å². The Kier molecular flexibility index (Phi) is 4.78. The number of carboxylic acid groups (broad SMARTS) is 1. The number of amides is 2. The first kappa shape index (κ1) is 13.8. The molecule has 0 radical (unpaired) electrons. The Labute approximate surface area is 102 Å². The van der Waals surface area contributed by atoms with Crippen molar-refractivity contribution in [2.24, 2.45) is 5.92 Å². The van der Waals surface area contributed by atoms with Gasteiger partial charge < -0.3 is 15.3 Å². The summed E-state index contributed by atoms with van der Waals surface area (Å²) >= 11 is 0. The first-order chi connectivity index (χ1) is 7.95. The van der Waals surface area contributed by atoms with E-state index in [0.717, 1.165) is 12.8 Å². The van der Waals surface area contributed by atoms with Crippen LogP contribution in [0.25, 0.3) is 0 Å². The van der Waals surface area contributed by atoms with Crippen LogP contribution in [0.5, 0.6) is 0 Å². The molecule has 1 atom stereocenters. The van der Waals surface area contributed by atoms with Gasteiger partial charge in [-0.1, -0.05) is 20.8 Å². The van der Waals surface area contributed by atoms with E-state index in [2.05, 4.69) is 19.2 Å². The Morgan fingerprint density at radius 1 is 1.41 bits per heavy atom. The number of hydrogen-bond donors (Lipinski definition) is 2. The molecule has 0 aromatic rings. The van der Waals surface area contributed by atoms with Gasteiger partial charge in [0.2, 0.25) is 0 Å². The Morgan fingerprint density at radius 3 is 2.35 bits per heavy atom. The van der Waals surface area contributed by atoms with Crippen molar-refractivity contribution >= 4 is 12.0 Å². The monoisotopic (exact) mass is 242 g/mol. The molecular weight excluding hydrogens is 220 g/mol. The molecule has 0 heterocycles. The second kappa shape index (κ2) is 5.89. The standard InChI is InChI=1S/C12H22N2O3/c1-4-10(11(15)16)13-12(17)14(7-8(2)3)9-5-6-9/h8-10H,4-7H2,1-3H3,(H,13,17)(H,15,16). The van der Waals surface area contributed by atoms with Crippen LogP contribution in [0.15, 0.2) is 0 Å². The molecule has 0 saturated heterocycles. The molecule has 5 nitrogen and oxygen atoms in total. The Morgan fingerprint density at radius 2 is 2.00 bits per heavy atom. The number of hydrogen-bond acceptors (Lipinski definition) is 2. The van der Waals surface area contributed by atoms with E-state index in [1.54, 1.807) is 11.8 Å². The average Bonchev–Trinajstić information content (AvgIpc) is 3.05. The van der Waals surface area contributed by atoms with E-state index in [1.165, 1.54) is 0 Å². The third kappa shape index (κ3) is 4.24.